The number of carbonyl (C=O) groups is 1. The lowest BCUT2D eigenvalue weighted by atomic mass is 10.0. The summed E-state index contributed by atoms with van der Waals surface area (Å²) in [5.74, 6) is 0.897. The van der Waals surface area contributed by atoms with Gasteiger partial charge in [-0.15, -0.1) is 24.0 Å². The second kappa shape index (κ2) is 12.3. The summed E-state index contributed by atoms with van der Waals surface area (Å²) in [4.78, 5) is 20.6. The van der Waals surface area contributed by atoms with E-state index in [-0.39, 0.29) is 29.9 Å². The van der Waals surface area contributed by atoms with Crippen molar-refractivity contribution in [3.05, 3.63) is 35.4 Å². The van der Waals surface area contributed by atoms with Gasteiger partial charge in [-0.05, 0) is 50.8 Å². The number of likely N-dealkylation sites (tertiary alicyclic amines) is 1. The smallest absolute Gasteiger partial charge is 0.253 e. The average Bonchev–Trinajstić information content (AvgIpc) is 2.67. The molecule has 0 radical (unpaired) electrons. The minimum Gasteiger partial charge on any atom is -0.356 e. The van der Waals surface area contributed by atoms with Crippen molar-refractivity contribution >= 4 is 35.8 Å². The van der Waals surface area contributed by atoms with Gasteiger partial charge in [0.15, 0.2) is 5.96 Å². The fourth-order valence-corrected chi connectivity index (χ4v) is 3.39. The fraction of sp³-hybridized carbons (Fsp3) is 0.619. The van der Waals surface area contributed by atoms with E-state index < -0.39 is 0 Å². The van der Waals surface area contributed by atoms with Gasteiger partial charge in [0.2, 0.25) is 0 Å². The van der Waals surface area contributed by atoms with Crippen molar-refractivity contribution in [1.82, 2.24) is 20.4 Å². The summed E-state index contributed by atoms with van der Waals surface area (Å²) in [6.45, 7) is 7.58. The number of nitrogens with one attached hydrogen (secondary N) is 2. The Morgan fingerprint density at radius 3 is 2.54 bits per heavy atom. The van der Waals surface area contributed by atoms with Gasteiger partial charge < -0.3 is 20.4 Å². The zero-order chi connectivity index (χ0) is 19.8. The molecular formula is C21H36IN5O. The van der Waals surface area contributed by atoms with E-state index in [1.807, 2.05) is 25.2 Å². The van der Waals surface area contributed by atoms with Crippen LogP contribution in [0.1, 0.15) is 42.6 Å². The van der Waals surface area contributed by atoms with E-state index in [1.165, 1.54) is 0 Å². The van der Waals surface area contributed by atoms with Crippen LogP contribution in [-0.2, 0) is 6.42 Å². The normalized spacial score (nSPS) is 15.9. The molecule has 28 heavy (non-hydrogen) atoms. The Labute approximate surface area is 187 Å². The molecule has 0 spiro atoms. The molecule has 7 heteroatoms. The Morgan fingerprint density at radius 2 is 1.96 bits per heavy atom. The number of rotatable bonds is 6. The molecule has 2 N–H and O–H groups in total. The quantitative estimate of drug-likeness (QED) is 0.358. The summed E-state index contributed by atoms with van der Waals surface area (Å²) in [5.41, 5.74) is 1.88. The van der Waals surface area contributed by atoms with E-state index >= 15 is 0 Å². The van der Waals surface area contributed by atoms with Gasteiger partial charge in [0.25, 0.3) is 5.91 Å². The molecule has 0 aliphatic carbocycles. The van der Waals surface area contributed by atoms with E-state index in [4.69, 9.17) is 0 Å². The molecule has 1 saturated heterocycles. The maximum absolute atomic E-state index is 12.1. The first-order valence-electron chi connectivity index (χ1n) is 9.92. The van der Waals surface area contributed by atoms with Crippen LogP contribution in [0.5, 0.6) is 0 Å². The number of hydrogen-bond acceptors (Lipinski definition) is 3. The highest BCUT2D eigenvalue weighted by Gasteiger charge is 2.21. The van der Waals surface area contributed by atoms with Crippen molar-refractivity contribution < 1.29 is 4.79 Å². The van der Waals surface area contributed by atoms with Crippen molar-refractivity contribution in [2.24, 2.45) is 4.99 Å². The number of amides is 1. The minimum atomic E-state index is 0. The van der Waals surface area contributed by atoms with Gasteiger partial charge >= 0.3 is 0 Å². The van der Waals surface area contributed by atoms with Crippen LogP contribution in [0.2, 0.25) is 0 Å². The van der Waals surface area contributed by atoms with E-state index in [0.29, 0.717) is 12.1 Å². The highest BCUT2D eigenvalue weighted by Crippen LogP contribution is 2.13. The summed E-state index contributed by atoms with van der Waals surface area (Å²) >= 11 is 0. The molecule has 6 nitrogen and oxygen atoms in total. The Kier molecular flexibility index (Phi) is 10.8. The standard InChI is InChI=1S/C21H35N5O.HI/c1-16(2)26-13-10-19(11-14-26)24-21(22-3)23-12-9-17-7-6-8-18(15-17)20(27)25(4)5;/h6-8,15-16,19H,9-14H2,1-5H3,(H2,22,23,24);1H. The van der Waals surface area contributed by atoms with Crippen molar-refractivity contribution in [2.75, 3.05) is 40.8 Å². The summed E-state index contributed by atoms with van der Waals surface area (Å²) < 4.78 is 0. The van der Waals surface area contributed by atoms with Crippen molar-refractivity contribution in [3.8, 4) is 0 Å². The predicted octanol–water partition coefficient (Wildman–Crippen LogP) is 2.59. The van der Waals surface area contributed by atoms with Gasteiger partial charge in [-0.25, -0.2) is 0 Å². The van der Waals surface area contributed by atoms with Crippen molar-refractivity contribution in [1.29, 1.82) is 0 Å². The zero-order valence-electron chi connectivity index (χ0n) is 17.9. The Morgan fingerprint density at radius 1 is 1.29 bits per heavy atom. The van der Waals surface area contributed by atoms with Crippen LogP contribution in [0.25, 0.3) is 0 Å². The van der Waals surface area contributed by atoms with E-state index in [9.17, 15) is 4.79 Å². The topological polar surface area (TPSA) is 60.0 Å². The van der Waals surface area contributed by atoms with Crippen molar-refractivity contribution in [2.45, 2.75) is 45.2 Å². The molecule has 0 bridgehead atoms. The van der Waals surface area contributed by atoms with Gasteiger partial charge in [-0.3, -0.25) is 9.79 Å². The molecule has 0 unspecified atom stereocenters. The number of piperidine rings is 1. The van der Waals surface area contributed by atoms with Gasteiger partial charge in [-0.2, -0.15) is 0 Å². The third kappa shape index (κ3) is 7.58. The maximum Gasteiger partial charge on any atom is 0.253 e. The number of benzene rings is 1. The molecule has 158 valence electrons. The second-order valence-electron chi connectivity index (χ2n) is 7.70. The number of guanidine groups is 1. The zero-order valence-corrected chi connectivity index (χ0v) is 20.2. The van der Waals surface area contributed by atoms with Gasteiger partial charge in [0, 0.05) is 58.4 Å². The van der Waals surface area contributed by atoms with E-state index in [0.717, 1.165) is 56.0 Å². The van der Waals surface area contributed by atoms with Crippen molar-refractivity contribution in [3.63, 3.8) is 0 Å². The van der Waals surface area contributed by atoms with Crippen LogP contribution >= 0.6 is 24.0 Å². The number of hydrogen-bond donors (Lipinski definition) is 2. The molecular weight excluding hydrogens is 465 g/mol. The molecule has 1 heterocycles. The molecule has 1 aromatic rings. The third-order valence-electron chi connectivity index (χ3n) is 5.11. The number of halogens is 1. The first-order valence-corrected chi connectivity index (χ1v) is 9.92. The lowest BCUT2D eigenvalue weighted by Crippen LogP contribution is -2.50. The monoisotopic (exact) mass is 501 g/mol. The highest BCUT2D eigenvalue weighted by molar-refractivity contribution is 14.0. The van der Waals surface area contributed by atoms with Crippen LogP contribution in [0.3, 0.4) is 0 Å². The summed E-state index contributed by atoms with van der Waals surface area (Å²) in [6, 6.07) is 8.95. The molecule has 1 fully saturated rings. The van der Waals surface area contributed by atoms with Crippen LogP contribution < -0.4 is 10.6 Å². The lowest BCUT2D eigenvalue weighted by molar-refractivity contribution is 0.0827. The molecule has 2 rings (SSSR count). The summed E-state index contributed by atoms with van der Waals surface area (Å²) in [7, 11) is 5.37. The Hall–Kier alpha value is -1.35. The minimum absolute atomic E-state index is 0. The second-order valence-corrected chi connectivity index (χ2v) is 7.70. The Balaban J connectivity index is 0.00000392. The molecule has 1 amide bonds. The SMILES string of the molecule is CN=C(NCCc1cccc(C(=O)N(C)C)c1)NC1CCN(C(C)C)CC1.I. The number of aliphatic imine (C=N–C) groups is 1. The van der Waals surface area contributed by atoms with Gasteiger partial charge in [0.1, 0.15) is 0 Å². The molecule has 1 aliphatic rings. The van der Waals surface area contributed by atoms with E-state index in [1.54, 1.807) is 19.0 Å². The maximum atomic E-state index is 12.1. The number of nitrogens with zero attached hydrogens (tertiary/aromatic N) is 3. The molecule has 0 saturated carbocycles. The largest absolute Gasteiger partial charge is 0.356 e. The van der Waals surface area contributed by atoms with Crippen LogP contribution in [-0.4, -0.2) is 74.5 Å². The first-order chi connectivity index (χ1) is 12.9. The fourth-order valence-electron chi connectivity index (χ4n) is 3.39. The molecule has 1 aliphatic heterocycles. The van der Waals surface area contributed by atoms with Gasteiger partial charge in [-0.1, -0.05) is 12.1 Å². The first kappa shape index (κ1) is 24.7. The van der Waals surface area contributed by atoms with Gasteiger partial charge in [0.05, 0.1) is 0 Å². The molecule has 0 atom stereocenters. The molecule has 1 aromatic carbocycles. The average molecular weight is 501 g/mol. The van der Waals surface area contributed by atoms with Crippen LogP contribution in [0, 0.1) is 0 Å². The summed E-state index contributed by atoms with van der Waals surface area (Å²) in [5, 5.41) is 6.95. The third-order valence-corrected chi connectivity index (χ3v) is 5.11. The van der Waals surface area contributed by atoms with E-state index in [2.05, 4.69) is 40.4 Å². The van der Waals surface area contributed by atoms with Crippen LogP contribution in [0.4, 0.5) is 0 Å². The molecule has 0 aromatic heterocycles. The predicted molar refractivity (Wildman–Crippen MR) is 128 cm³/mol. The Bertz CT molecular complexity index is 639. The summed E-state index contributed by atoms with van der Waals surface area (Å²) in [6.07, 6.45) is 3.14. The number of carbonyl (C=O) groups excluding carboxylic acids is 1. The van der Waals surface area contributed by atoms with Crippen LogP contribution in [0.15, 0.2) is 29.3 Å². The lowest BCUT2D eigenvalue weighted by Gasteiger charge is -2.35. The highest BCUT2D eigenvalue weighted by atomic mass is 127.